The summed E-state index contributed by atoms with van der Waals surface area (Å²) in [5, 5.41) is 2.68. The number of pyridine rings is 1. The first-order valence-electron chi connectivity index (χ1n) is 12.3. The second-order valence-electron chi connectivity index (χ2n) is 10.4. The van der Waals surface area contributed by atoms with Crippen molar-refractivity contribution in [3.05, 3.63) is 71.9 Å². The number of imide groups is 1. The molecule has 0 unspecified atom stereocenters. The van der Waals surface area contributed by atoms with E-state index in [0.717, 1.165) is 32.8 Å². The van der Waals surface area contributed by atoms with Gasteiger partial charge in [-0.15, -0.1) is 0 Å². The van der Waals surface area contributed by atoms with Gasteiger partial charge in [0.05, 0.1) is 42.4 Å². The zero-order valence-electron chi connectivity index (χ0n) is 20.9. The summed E-state index contributed by atoms with van der Waals surface area (Å²) in [6, 6.07) is 16.8. The van der Waals surface area contributed by atoms with Crippen molar-refractivity contribution in [2.45, 2.75) is 24.7 Å². The van der Waals surface area contributed by atoms with Crippen LogP contribution >= 0.6 is 0 Å². The van der Waals surface area contributed by atoms with Gasteiger partial charge in [0.2, 0.25) is 11.8 Å². The van der Waals surface area contributed by atoms with Crippen molar-refractivity contribution in [3.8, 4) is 11.5 Å². The highest BCUT2D eigenvalue weighted by Gasteiger charge is 2.79. The van der Waals surface area contributed by atoms with Crippen LogP contribution in [0.15, 0.2) is 60.8 Å². The number of methoxy groups -OCH3 is 2. The molecule has 1 saturated carbocycles. The lowest BCUT2D eigenvalue weighted by molar-refractivity contribution is -0.131. The van der Waals surface area contributed by atoms with Crippen LogP contribution in [0.2, 0.25) is 0 Å². The van der Waals surface area contributed by atoms with E-state index in [0.29, 0.717) is 11.5 Å². The van der Waals surface area contributed by atoms with Crippen LogP contribution < -0.4 is 14.4 Å². The van der Waals surface area contributed by atoms with E-state index in [1.165, 1.54) is 19.1 Å². The van der Waals surface area contributed by atoms with Gasteiger partial charge in [0.15, 0.2) is 5.78 Å². The molecule has 7 rings (SSSR count). The largest absolute Gasteiger partial charge is 0.494 e. The first-order chi connectivity index (χ1) is 17.8. The average Bonchev–Trinajstić information content (AvgIpc) is 3.37. The summed E-state index contributed by atoms with van der Waals surface area (Å²) in [5.41, 5.74) is 0.367. The molecule has 184 valence electrons. The van der Waals surface area contributed by atoms with Crippen molar-refractivity contribution in [2.75, 3.05) is 19.1 Å². The minimum absolute atomic E-state index is 0.0835. The average molecular weight is 493 g/mol. The number of carbonyl (C=O) groups is 3. The van der Waals surface area contributed by atoms with Crippen LogP contribution in [0.1, 0.15) is 25.0 Å². The lowest BCUT2D eigenvalue weighted by Crippen LogP contribution is -2.42. The number of carbonyl (C=O) groups excluding carboxylic acids is 3. The maximum atomic E-state index is 14.4. The van der Waals surface area contributed by atoms with Gasteiger partial charge in [0, 0.05) is 17.0 Å². The molecule has 37 heavy (non-hydrogen) atoms. The Kier molecular flexibility index (Phi) is 4.12. The molecule has 2 amide bonds. The predicted octanol–water partition coefficient (Wildman–Crippen LogP) is 4.32. The number of anilines is 1. The molecule has 1 saturated heterocycles. The number of ether oxygens (including phenoxy) is 2. The van der Waals surface area contributed by atoms with E-state index in [2.05, 4.69) is 4.98 Å². The number of rotatable bonds is 3. The molecule has 4 atom stereocenters. The summed E-state index contributed by atoms with van der Waals surface area (Å²) >= 11 is 0. The number of Topliss-reactive ketones (excluding diaryl/α,β-unsaturated/α-hetero) is 1. The summed E-state index contributed by atoms with van der Waals surface area (Å²) in [4.78, 5) is 48.7. The Morgan fingerprint density at radius 1 is 0.730 bits per heavy atom. The van der Waals surface area contributed by atoms with Crippen molar-refractivity contribution in [2.24, 2.45) is 11.8 Å². The molecule has 7 heteroatoms. The fourth-order valence-electron chi connectivity index (χ4n) is 7.54. The lowest BCUT2D eigenvalue weighted by Gasteiger charge is -2.34. The topological polar surface area (TPSA) is 85.8 Å². The zero-order chi connectivity index (χ0) is 25.9. The number of hydrogen-bond donors (Lipinski definition) is 0. The molecule has 0 radical (unpaired) electrons. The van der Waals surface area contributed by atoms with Crippen LogP contribution in [-0.2, 0) is 25.2 Å². The molecule has 4 aromatic rings. The van der Waals surface area contributed by atoms with Gasteiger partial charge in [-0.2, -0.15) is 0 Å². The molecule has 3 aliphatic rings. The van der Waals surface area contributed by atoms with Gasteiger partial charge in [-0.1, -0.05) is 36.4 Å². The highest BCUT2D eigenvalue weighted by Crippen LogP contribution is 2.69. The van der Waals surface area contributed by atoms with Crippen molar-refractivity contribution in [1.29, 1.82) is 0 Å². The quantitative estimate of drug-likeness (QED) is 0.313. The minimum atomic E-state index is -1.18. The lowest BCUT2D eigenvalue weighted by atomic mass is 9.64. The third kappa shape index (κ3) is 2.25. The molecule has 0 spiro atoms. The maximum absolute atomic E-state index is 14.4. The van der Waals surface area contributed by atoms with Crippen molar-refractivity contribution >= 4 is 45.0 Å². The Morgan fingerprint density at radius 2 is 1.27 bits per heavy atom. The maximum Gasteiger partial charge on any atom is 0.239 e. The molecule has 1 aliphatic heterocycles. The van der Waals surface area contributed by atoms with Gasteiger partial charge >= 0.3 is 0 Å². The van der Waals surface area contributed by atoms with E-state index < -0.39 is 34.5 Å². The van der Waals surface area contributed by atoms with Crippen LogP contribution in [0.25, 0.3) is 21.7 Å². The SMILES string of the molecule is COc1cccc(OC)c1N1C(=O)[C@@H]2[C@H](C1=O)[C@@]1(C)C(=O)[C@]2(C)c2c1c1ccccc1c1ncccc21. The fraction of sp³-hybridized carbons (Fsp3) is 0.267. The normalized spacial score (nSPS) is 27.8. The molecule has 3 aromatic carbocycles. The molecular weight excluding hydrogens is 468 g/mol. The van der Waals surface area contributed by atoms with Gasteiger partial charge in [-0.05, 0) is 48.6 Å². The summed E-state index contributed by atoms with van der Waals surface area (Å²) in [7, 11) is 2.97. The number of amides is 2. The summed E-state index contributed by atoms with van der Waals surface area (Å²) in [5.74, 6) is -1.87. The number of nitrogens with zero attached hydrogens (tertiary/aromatic N) is 2. The number of fused-ring (bicyclic) bond motifs is 13. The highest BCUT2D eigenvalue weighted by molar-refractivity contribution is 6.32. The van der Waals surface area contributed by atoms with E-state index >= 15 is 0 Å². The second kappa shape index (κ2) is 6.94. The monoisotopic (exact) mass is 492 g/mol. The van der Waals surface area contributed by atoms with Crippen molar-refractivity contribution in [3.63, 3.8) is 0 Å². The van der Waals surface area contributed by atoms with Crippen LogP contribution in [0.3, 0.4) is 0 Å². The molecular formula is C30H24N2O5. The Labute approximate surface area is 213 Å². The summed E-state index contributed by atoms with van der Waals surface area (Å²) in [6.45, 7) is 3.67. The van der Waals surface area contributed by atoms with Crippen LogP contribution in [0, 0.1) is 11.8 Å². The number of benzene rings is 3. The van der Waals surface area contributed by atoms with E-state index in [9.17, 15) is 14.4 Å². The zero-order valence-corrected chi connectivity index (χ0v) is 20.9. The van der Waals surface area contributed by atoms with Gasteiger partial charge in [-0.25, -0.2) is 4.90 Å². The van der Waals surface area contributed by atoms with Crippen LogP contribution in [0.4, 0.5) is 5.69 Å². The Bertz CT molecular complexity index is 1610. The van der Waals surface area contributed by atoms with Gasteiger partial charge in [-0.3, -0.25) is 19.4 Å². The molecule has 2 heterocycles. The third-order valence-electron chi connectivity index (χ3n) is 8.94. The number of para-hydroxylation sites is 1. The van der Waals surface area contributed by atoms with Crippen molar-refractivity contribution < 1.29 is 23.9 Å². The molecule has 0 N–H and O–H groups in total. The van der Waals surface area contributed by atoms with Crippen LogP contribution in [0.5, 0.6) is 11.5 Å². The molecule has 2 fully saturated rings. The van der Waals surface area contributed by atoms with E-state index in [4.69, 9.17) is 9.47 Å². The first kappa shape index (κ1) is 22.0. The first-order valence-corrected chi connectivity index (χ1v) is 12.3. The third-order valence-corrected chi connectivity index (χ3v) is 8.94. The van der Waals surface area contributed by atoms with Gasteiger partial charge in [0.1, 0.15) is 17.2 Å². The Morgan fingerprint density at radius 3 is 1.86 bits per heavy atom. The molecule has 7 nitrogen and oxygen atoms in total. The second-order valence-corrected chi connectivity index (χ2v) is 10.4. The molecule has 2 aliphatic carbocycles. The highest BCUT2D eigenvalue weighted by atomic mass is 16.5. The Balaban J connectivity index is 1.56. The minimum Gasteiger partial charge on any atom is -0.494 e. The number of aromatic nitrogens is 1. The fourth-order valence-corrected chi connectivity index (χ4v) is 7.54. The molecule has 1 aromatic heterocycles. The van der Waals surface area contributed by atoms with Gasteiger partial charge < -0.3 is 9.47 Å². The van der Waals surface area contributed by atoms with Crippen LogP contribution in [-0.4, -0.2) is 36.8 Å². The summed E-state index contributed by atoms with van der Waals surface area (Å²) < 4.78 is 11.1. The van der Waals surface area contributed by atoms with Gasteiger partial charge in [0.25, 0.3) is 0 Å². The van der Waals surface area contributed by atoms with E-state index in [1.54, 1.807) is 24.4 Å². The smallest absolute Gasteiger partial charge is 0.239 e. The van der Waals surface area contributed by atoms with E-state index in [1.807, 2.05) is 50.2 Å². The van der Waals surface area contributed by atoms with E-state index in [-0.39, 0.29) is 11.5 Å². The standard InChI is InChI=1S/C30H24N2O5/c1-29-20-15-9-5-6-10-16(15)24-17(11-8-14-31-24)21(20)30(2,28(29)35)23-22(29)26(33)32(27(23)34)25-18(36-3)12-7-13-19(25)37-4/h5-14,22-23H,1-4H3/t22-,23+,29+,30-/m1/s1. The summed E-state index contributed by atoms with van der Waals surface area (Å²) in [6.07, 6.45) is 1.74. The number of hydrogen-bond acceptors (Lipinski definition) is 6. The predicted molar refractivity (Wildman–Crippen MR) is 138 cm³/mol. The molecule has 2 bridgehead atoms. The number of ketones is 1. The van der Waals surface area contributed by atoms with Crippen molar-refractivity contribution in [1.82, 2.24) is 4.98 Å². The Hall–Kier alpha value is -4.26.